The van der Waals surface area contributed by atoms with Gasteiger partial charge in [0.25, 0.3) is 0 Å². The van der Waals surface area contributed by atoms with E-state index >= 15 is 0 Å². The summed E-state index contributed by atoms with van der Waals surface area (Å²) >= 11 is 6.08. The fraction of sp³-hybridized carbons (Fsp3) is 0.400. The van der Waals surface area contributed by atoms with Gasteiger partial charge in [-0.25, -0.2) is 4.98 Å². The van der Waals surface area contributed by atoms with Gasteiger partial charge in [-0.2, -0.15) is 5.26 Å². The summed E-state index contributed by atoms with van der Waals surface area (Å²) in [7, 11) is 0. The molecule has 1 saturated heterocycles. The highest BCUT2D eigenvalue weighted by molar-refractivity contribution is 6.30. The molecule has 1 atom stereocenters. The van der Waals surface area contributed by atoms with Crippen LogP contribution in [0, 0.1) is 18.3 Å². The predicted octanol–water partition coefficient (Wildman–Crippen LogP) is 4.29. The number of imidazole rings is 1. The molecule has 1 aromatic carbocycles. The number of nitrogens with zero attached hydrogens (tertiary/aromatic N) is 5. The lowest BCUT2D eigenvalue weighted by Crippen LogP contribution is -2.46. The van der Waals surface area contributed by atoms with Gasteiger partial charge < -0.3 is 9.67 Å². The Labute approximate surface area is 194 Å². The maximum atomic E-state index is 11.1. The van der Waals surface area contributed by atoms with Crippen molar-refractivity contribution in [1.82, 2.24) is 19.4 Å². The Balaban J connectivity index is 1.43. The number of rotatable bonds is 6. The van der Waals surface area contributed by atoms with Crippen LogP contribution in [-0.4, -0.2) is 43.2 Å². The van der Waals surface area contributed by atoms with E-state index in [1.807, 2.05) is 43.5 Å². The lowest BCUT2D eigenvalue weighted by atomic mass is 9.86. The zero-order chi connectivity index (χ0) is 22.7. The molecule has 0 radical (unpaired) electrons. The fourth-order valence-electron chi connectivity index (χ4n) is 4.47. The van der Waals surface area contributed by atoms with Crippen LogP contribution in [-0.2, 0) is 13.0 Å². The molecule has 1 aliphatic heterocycles. The van der Waals surface area contributed by atoms with E-state index in [2.05, 4.69) is 32.4 Å². The molecule has 6 nitrogen and oxygen atoms in total. The summed E-state index contributed by atoms with van der Waals surface area (Å²) in [5.74, 6) is 0.969. The van der Waals surface area contributed by atoms with Crippen LogP contribution >= 0.6 is 11.6 Å². The SMILES string of the molecule is Cc1ncc(C(C)N2CCC(O)(Cc3cc(Cl)ccn3)CC2)n1Cc1ccc(C#N)cc1. The minimum atomic E-state index is -0.757. The van der Waals surface area contributed by atoms with Gasteiger partial charge >= 0.3 is 0 Å². The molecule has 1 aliphatic rings. The van der Waals surface area contributed by atoms with Crippen molar-refractivity contribution >= 4 is 11.6 Å². The van der Waals surface area contributed by atoms with Crippen molar-refractivity contribution in [2.24, 2.45) is 0 Å². The van der Waals surface area contributed by atoms with E-state index in [4.69, 9.17) is 16.9 Å². The average Bonchev–Trinajstić information content (AvgIpc) is 3.14. The van der Waals surface area contributed by atoms with Crippen molar-refractivity contribution in [2.75, 3.05) is 13.1 Å². The normalized spacial score (nSPS) is 17.1. The number of piperidine rings is 1. The summed E-state index contributed by atoms with van der Waals surface area (Å²) in [6.45, 7) is 6.55. The third-order valence-corrected chi connectivity index (χ3v) is 6.74. The van der Waals surface area contributed by atoms with E-state index in [1.54, 1.807) is 12.3 Å². The first kappa shape index (κ1) is 22.5. The molecule has 166 valence electrons. The molecule has 4 rings (SSSR count). The van der Waals surface area contributed by atoms with Crippen LogP contribution in [0.3, 0.4) is 0 Å². The second-order valence-corrected chi connectivity index (χ2v) is 9.14. The summed E-state index contributed by atoms with van der Waals surface area (Å²) < 4.78 is 2.24. The molecule has 32 heavy (non-hydrogen) atoms. The van der Waals surface area contributed by atoms with Crippen molar-refractivity contribution < 1.29 is 5.11 Å². The molecule has 0 spiro atoms. The van der Waals surface area contributed by atoms with Gasteiger partial charge in [0.15, 0.2) is 0 Å². The molecule has 2 aromatic heterocycles. The molecule has 0 saturated carbocycles. The number of nitriles is 1. The zero-order valence-electron chi connectivity index (χ0n) is 18.5. The Morgan fingerprint density at radius 2 is 1.91 bits per heavy atom. The van der Waals surface area contributed by atoms with E-state index in [0.29, 0.717) is 29.8 Å². The highest BCUT2D eigenvalue weighted by Crippen LogP contribution is 2.31. The summed E-state index contributed by atoms with van der Waals surface area (Å²) in [5, 5.41) is 20.8. The van der Waals surface area contributed by atoms with Gasteiger partial charge in [-0.05, 0) is 56.5 Å². The molecule has 1 unspecified atom stereocenters. The first-order chi connectivity index (χ1) is 15.4. The van der Waals surface area contributed by atoms with E-state index < -0.39 is 5.60 Å². The van der Waals surface area contributed by atoms with Crippen LogP contribution in [0.2, 0.25) is 5.02 Å². The van der Waals surface area contributed by atoms with Gasteiger partial charge in [0.05, 0.1) is 29.1 Å². The highest BCUT2D eigenvalue weighted by atomic mass is 35.5. The number of likely N-dealkylation sites (tertiary alicyclic amines) is 1. The Morgan fingerprint density at radius 3 is 2.56 bits per heavy atom. The van der Waals surface area contributed by atoms with Crippen molar-refractivity contribution in [3.05, 3.63) is 82.2 Å². The molecule has 7 heteroatoms. The van der Waals surface area contributed by atoms with Crippen LogP contribution in [0.1, 0.15) is 54.1 Å². The van der Waals surface area contributed by atoms with E-state index in [-0.39, 0.29) is 6.04 Å². The van der Waals surface area contributed by atoms with Crippen molar-refractivity contribution in [2.45, 2.75) is 51.3 Å². The Hall–Kier alpha value is -2.72. The third kappa shape index (κ3) is 5.02. The van der Waals surface area contributed by atoms with E-state index in [1.165, 1.54) is 0 Å². The highest BCUT2D eigenvalue weighted by Gasteiger charge is 2.35. The maximum absolute atomic E-state index is 11.1. The smallest absolute Gasteiger partial charge is 0.106 e. The monoisotopic (exact) mass is 449 g/mol. The zero-order valence-corrected chi connectivity index (χ0v) is 19.3. The van der Waals surface area contributed by atoms with Crippen LogP contribution < -0.4 is 0 Å². The third-order valence-electron chi connectivity index (χ3n) is 6.50. The molecule has 0 aliphatic carbocycles. The molecule has 1 N–H and O–H groups in total. The quantitative estimate of drug-likeness (QED) is 0.607. The van der Waals surface area contributed by atoms with Gasteiger partial charge in [0, 0.05) is 49.0 Å². The molecule has 0 bridgehead atoms. The summed E-state index contributed by atoms with van der Waals surface area (Å²) in [4.78, 5) is 11.3. The van der Waals surface area contributed by atoms with Crippen LogP contribution in [0.5, 0.6) is 0 Å². The number of benzene rings is 1. The fourth-order valence-corrected chi connectivity index (χ4v) is 4.65. The predicted molar refractivity (Wildman–Crippen MR) is 124 cm³/mol. The Morgan fingerprint density at radius 1 is 1.19 bits per heavy atom. The van der Waals surface area contributed by atoms with E-state index in [0.717, 1.165) is 42.4 Å². The number of aliphatic hydroxyl groups is 1. The van der Waals surface area contributed by atoms with Gasteiger partial charge in [-0.3, -0.25) is 9.88 Å². The standard InChI is InChI=1S/C25H28ClN5O/c1-18(24-16-29-19(2)31(24)17-21-5-3-20(15-27)4-6-21)30-11-8-25(32,9-12-30)14-23-13-22(26)7-10-28-23/h3-7,10,13,16,18,32H,8-9,11-12,14,17H2,1-2H3. The topological polar surface area (TPSA) is 78.0 Å². The first-order valence-corrected chi connectivity index (χ1v) is 11.3. The van der Waals surface area contributed by atoms with Crippen molar-refractivity contribution in [1.29, 1.82) is 5.26 Å². The van der Waals surface area contributed by atoms with Crippen molar-refractivity contribution in [3.63, 3.8) is 0 Å². The number of hydrogen-bond acceptors (Lipinski definition) is 5. The minimum absolute atomic E-state index is 0.184. The van der Waals surface area contributed by atoms with Gasteiger partial charge in [-0.15, -0.1) is 0 Å². The molecule has 1 fully saturated rings. The van der Waals surface area contributed by atoms with Crippen molar-refractivity contribution in [3.8, 4) is 6.07 Å². The average molecular weight is 450 g/mol. The molecule has 3 heterocycles. The number of halogens is 1. The lowest BCUT2D eigenvalue weighted by Gasteiger charge is -2.41. The lowest BCUT2D eigenvalue weighted by molar-refractivity contribution is -0.0304. The summed E-state index contributed by atoms with van der Waals surface area (Å²) in [6, 6.07) is 13.6. The minimum Gasteiger partial charge on any atom is -0.389 e. The van der Waals surface area contributed by atoms with E-state index in [9.17, 15) is 5.11 Å². The van der Waals surface area contributed by atoms with Crippen LogP contribution in [0.25, 0.3) is 0 Å². The van der Waals surface area contributed by atoms with Gasteiger partial charge in [0.1, 0.15) is 5.82 Å². The maximum Gasteiger partial charge on any atom is 0.106 e. The Kier molecular flexibility index (Phi) is 6.61. The molecular weight excluding hydrogens is 422 g/mol. The molecular formula is C25H28ClN5O. The number of aryl methyl sites for hydroxylation is 1. The first-order valence-electron chi connectivity index (χ1n) is 10.9. The van der Waals surface area contributed by atoms with Gasteiger partial charge in [0.2, 0.25) is 0 Å². The summed E-state index contributed by atoms with van der Waals surface area (Å²) in [5.41, 5.74) is 3.04. The number of aromatic nitrogens is 3. The molecule has 0 amide bonds. The van der Waals surface area contributed by atoms with Crippen LogP contribution in [0.15, 0.2) is 48.8 Å². The Bertz CT molecular complexity index is 1110. The molecule has 3 aromatic rings. The number of hydrogen-bond donors (Lipinski definition) is 1. The number of pyridine rings is 1. The van der Waals surface area contributed by atoms with Crippen LogP contribution in [0.4, 0.5) is 0 Å². The largest absolute Gasteiger partial charge is 0.389 e. The summed E-state index contributed by atoms with van der Waals surface area (Å²) in [6.07, 6.45) is 5.55. The second-order valence-electron chi connectivity index (χ2n) is 8.70. The second kappa shape index (κ2) is 9.41. The van der Waals surface area contributed by atoms with Gasteiger partial charge in [-0.1, -0.05) is 23.7 Å².